The molecule has 0 unspecified atom stereocenters. The van der Waals surface area contributed by atoms with Gasteiger partial charge in [0, 0.05) is 10.4 Å². The van der Waals surface area contributed by atoms with Crippen LogP contribution in [0.15, 0.2) is 40.6 Å². The highest BCUT2D eigenvalue weighted by atomic mass is 35.5. The van der Waals surface area contributed by atoms with E-state index in [9.17, 15) is 8.42 Å². The molecule has 0 aliphatic rings. The first-order chi connectivity index (χ1) is 9.49. The van der Waals surface area contributed by atoms with Crippen LogP contribution in [0.4, 0.5) is 0 Å². The lowest BCUT2D eigenvalue weighted by Gasteiger charge is -1.99. The number of nitrogens with one attached hydrogen (secondary N) is 1. The van der Waals surface area contributed by atoms with Crippen molar-refractivity contribution in [2.24, 2.45) is 0 Å². The molecule has 0 aliphatic heterocycles. The minimum Gasteiger partial charge on any atom is -0.206 e. The lowest BCUT2D eigenvalue weighted by Crippen LogP contribution is -2.23. The monoisotopic (exact) mass is 325 g/mol. The molecule has 0 spiro atoms. The van der Waals surface area contributed by atoms with Gasteiger partial charge in [0.2, 0.25) is 0 Å². The maximum absolute atomic E-state index is 11.9. The molecule has 1 aromatic carbocycles. The molecule has 3 nitrogen and oxygen atoms in total. The number of sulfonamides is 1. The van der Waals surface area contributed by atoms with Crippen molar-refractivity contribution in [3.63, 3.8) is 0 Å². The molecule has 0 bridgehead atoms. The SMILES string of the molecule is Cc1ccc(S(=O)(=O)NCC#Cc2ccccc2Cl)s1. The van der Waals surface area contributed by atoms with Crippen LogP contribution in [0.3, 0.4) is 0 Å². The quantitative estimate of drug-likeness (QED) is 0.882. The van der Waals surface area contributed by atoms with E-state index in [0.717, 1.165) is 4.88 Å². The van der Waals surface area contributed by atoms with Crippen LogP contribution in [0, 0.1) is 18.8 Å². The largest absolute Gasteiger partial charge is 0.250 e. The smallest absolute Gasteiger partial charge is 0.206 e. The van der Waals surface area contributed by atoms with Crippen molar-refractivity contribution in [1.29, 1.82) is 0 Å². The molecule has 0 atom stereocenters. The summed E-state index contributed by atoms with van der Waals surface area (Å²) in [5, 5.41) is 0.553. The van der Waals surface area contributed by atoms with E-state index in [0.29, 0.717) is 14.8 Å². The number of halogens is 1. The van der Waals surface area contributed by atoms with E-state index < -0.39 is 10.0 Å². The summed E-state index contributed by atoms with van der Waals surface area (Å²) in [6.45, 7) is 1.91. The zero-order valence-electron chi connectivity index (χ0n) is 10.7. The minimum absolute atomic E-state index is 0.0461. The lowest BCUT2D eigenvalue weighted by atomic mass is 10.2. The van der Waals surface area contributed by atoms with Crippen LogP contribution in [0.2, 0.25) is 5.02 Å². The first-order valence-corrected chi connectivity index (χ1v) is 8.46. The second-order valence-corrected chi connectivity index (χ2v) is 7.66. The first-order valence-electron chi connectivity index (χ1n) is 5.78. The number of rotatable bonds is 3. The van der Waals surface area contributed by atoms with E-state index in [1.165, 1.54) is 11.3 Å². The van der Waals surface area contributed by atoms with Gasteiger partial charge in [-0.15, -0.1) is 11.3 Å². The Morgan fingerprint density at radius 2 is 2.00 bits per heavy atom. The van der Waals surface area contributed by atoms with Crippen LogP contribution in [-0.2, 0) is 10.0 Å². The molecule has 2 rings (SSSR count). The lowest BCUT2D eigenvalue weighted by molar-refractivity contribution is 0.588. The van der Waals surface area contributed by atoms with E-state index in [1.807, 2.05) is 19.1 Å². The average Bonchev–Trinajstić information content (AvgIpc) is 2.84. The Bertz CT molecular complexity index is 770. The van der Waals surface area contributed by atoms with Crippen LogP contribution < -0.4 is 4.72 Å². The van der Waals surface area contributed by atoms with Crippen molar-refractivity contribution in [2.45, 2.75) is 11.1 Å². The molecular formula is C14H12ClNO2S2. The Balaban J connectivity index is 2.02. The summed E-state index contributed by atoms with van der Waals surface area (Å²) in [5.74, 6) is 5.59. The zero-order valence-corrected chi connectivity index (χ0v) is 13.1. The fourth-order valence-electron chi connectivity index (χ4n) is 1.46. The molecule has 0 saturated carbocycles. The minimum atomic E-state index is -3.47. The summed E-state index contributed by atoms with van der Waals surface area (Å²) in [7, 11) is -3.47. The van der Waals surface area contributed by atoms with E-state index in [4.69, 9.17) is 11.6 Å². The predicted molar refractivity (Wildman–Crippen MR) is 82.6 cm³/mol. The molecule has 1 N–H and O–H groups in total. The second-order valence-electron chi connectivity index (χ2n) is 3.97. The van der Waals surface area contributed by atoms with Gasteiger partial charge < -0.3 is 0 Å². The van der Waals surface area contributed by atoms with Crippen molar-refractivity contribution in [1.82, 2.24) is 4.72 Å². The van der Waals surface area contributed by atoms with E-state index in [-0.39, 0.29) is 6.54 Å². The Morgan fingerprint density at radius 3 is 2.65 bits per heavy atom. The molecule has 0 fully saturated rings. The fraction of sp³-hybridized carbons (Fsp3) is 0.143. The molecule has 0 aliphatic carbocycles. The van der Waals surface area contributed by atoms with Gasteiger partial charge in [-0.05, 0) is 31.2 Å². The third-order valence-corrected chi connectivity index (χ3v) is 5.65. The summed E-state index contributed by atoms with van der Waals surface area (Å²) in [4.78, 5) is 0.951. The molecule has 1 heterocycles. The van der Waals surface area contributed by atoms with E-state index >= 15 is 0 Å². The van der Waals surface area contributed by atoms with Crippen molar-refractivity contribution >= 4 is 33.0 Å². The summed E-state index contributed by atoms with van der Waals surface area (Å²) in [5.41, 5.74) is 0.681. The van der Waals surface area contributed by atoms with E-state index in [2.05, 4.69) is 16.6 Å². The Hall–Kier alpha value is -1.32. The van der Waals surface area contributed by atoms with Gasteiger partial charge in [0.15, 0.2) is 0 Å². The fourth-order valence-corrected chi connectivity index (χ4v) is 3.89. The third-order valence-electron chi connectivity index (χ3n) is 2.43. The summed E-state index contributed by atoms with van der Waals surface area (Å²) in [6.07, 6.45) is 0. The van der Waals surface area contributed by atoms with Crippen molar-refractivity contribution in [3.8, 4) is 11.8 Å². The topological polar surface area (TPSA) is 46.2 Å². The zero-order chi connectivity index (χ0) is 14.6. The van der Waals surface area contributed by atoms with Gasteiger partial charge in [0.1, 0.15) is 4.21 Å². The predicted octanol–water partition coefficient (Wildman–Crippen LogP) is 3.04. The molecule has 2 aromatic rings. The van der Waals surface area contributed by atoms with Crippen molar-refractivity contribution in [2.75, 3.05) is 6.54 Å². The molecule has 20 heavy (non-hydrogen) atoms. The summed E-state index contributed by atoms with van der Waals surface area (Å²) >= 11 is 7.18. The second kappa shape index (κ2) is 6.42. The number of hydrogen-bond donors (Lipinski definition) is 1. The van der Waals surface area contributed by atoms with Gasteiger partial charge in [-0.2, -0.15) is 4.72 Å². The Morgan fingerprint density at radius 1 is 1.25 bits per heavy atom. The van der Waals surface area contributed by atoms with Crippen LogP contribution in [0.25, 0.3) is 0 Å². The van der Waals surface area contributed by atoms with Gasteiger partial charge in [-0.3, -0.25) is 0 Å². The summed E-state index contributed by atoms with van der Waals surface area (Å²) in [6, 6.07) is 10.5. The highest BCUT2D eigenvalue weighted by molar-refractivity contribution is 7.91. The highest BCUT2D eigenvalue weighted by Crippen LogP contribution is 2.20. The third kappa shape index (κ3) is 3.84. The number of thiophene rings is 1. The van der Waals surface area contributed by atoms with Crippen molar-refractivity contribution < 1.29 is 8.42 Å². The van der Waals surface area contributed by atoms with Gasteiger partial charge in [-0.1, -0.05) is 35.6 Å². The number of aryl methyl sites for hydroxylation is 1. The average molecular weight is 326 g/mol. The van der Waals surface area contributed by atoms with Crippen molar-refractivity contribution in [3.05, 3.63) is 51.9 Å². The normalized spacial score (nSPS) is 10.9. The molecule has 104 valence electrons. The van der Waals surface area contributed by atoms with Crippen LogP contribution in [0.1, 0.15) is 10.4 Å². The molecule has 1 aromatic heterocycles. The van der Waals surface area contributed by atoms with Gasteiger partial charge in [-0.25, -0.2) is 8.42 Å². The van der Waals surface area contributed by atoms with Gasteiger partial charge in [0.05, 0.1) is 11.6 Å². The molecule has 0 amide bonds. The van der Waals surface area contributed by atoms with Gasteiger partial charge >= 0.3 is 0 Å². The maximum atomic E-state index is 11.9. The Kier molecular flexibility index (Phi) is 4.84. The Labute approximate surface area is 127 Å². The first kappa shape index (κ1) is 15.1. The maximum Gasteiger partial charge on any atom is 0.250 e. The van der Waals surface area contributed by atoms with E-state index in [1.54, 1.807) is 24.3 Å². The van der Waals surface area contributed by atoms with Gasteiger partial charge in [0.25, 0.3) is 10.0 Å². The van der Waals surface area contributed by atoms with Crippen LogP contribution in [-0.4, -0.2) is 15.0 Å². The van der Waals surface area contributed by atoms with Crippen LogP contribution >= 0.6 is 22.9 Å². The number of hydrogen-bond acceptors (Lipinski definition) is 3. The standard InChI is InChI=1S/C14H12ClNO2S2/c1-11-8-9-14(19-11)20(17,18)16-10-4-6-12-5-2-3-7-13(12)15/h2-3,5,7-9,16H,10H2,1H3. The molecule has 0 radical (unpaired) electrons. The molecule has 0 saturated heterocycles. The van der Waals surface area contributed by atoms with Crippen LogP contribution in [0.5, 0.6) is 0 Å². The molecular weight excluding hydrogens is 314 g/mol. The molecule has 6 heteroatoms. The summed E-state index contributed by atoms with van der Waals surface area (Å²) < 4.78 is 26.6. The highest BCUT2D eigenvalue weighted by Gasteiger charge is 2.14. The number of benzene rings is 1.